The quantitative estimate of drug-likeness (QED) is 0.804. The number of hydrogen-bond acceptors (Lipinski definition) is 3. The molecule has 0 radical (unpaired) electrons. The normalized spacial score (nSPS) is 16.0. The van der Waals surface area contributed by atoms with Crippen LogP contribution < -0.4 is 0 Å². The monoisotopic (exact) mass is 235 g/mol. The van der Waals surface area contributed by atoms with E-state index in [2.05, 4.69) is 29.0 Å². The van der Waals surface area contributed by atoms with Gasteiger partial charge in [0.1, 0.15) is 11.2 Å². The lowest BCUT2D eigenvalue weighted by molar-refractivity contribution is 0.798. The van der Waals surface area contributed by atoms with Crippen LogP contribution >= 0.6 is 0 Å². The molecule has 1 fully saturated rings. The van der Waals surface area contributed by atoms with Crippen LogP contribution in [-0.4, -0.2) is 9.97 Å². The van der Waals surface area contributed by atoms with Crippen LogP contribution in [0.1, 0.15) is 24.2 Å². The van der Waals surface area contributed by atoms with Crippen LogP contribution in [0, 0.1) is 18.3 Å². The van der Waals surface area contributed by atoms with E-state index < -0.39 is 5.41 Å². The summed E-state index contributed by atoms with van der Waals surface area (Å²) in [7, 11) is 0. The molecule has 3 rings (SSSR count). The van der Waals surface area contributed by atoms with Gasteiger partial charge in [0.05, 0.1) is 11.8 Å². The summed E-state index contributed by atoms with van der Waals surface area (Å²) in [6.07, 6.45) is 3.50. The second kappa shape index (κ2) is 3.92. The van der Waals surface area contributed by atoms with Crippen LogP contribution in [0.2, 0.25) is 0 Å². The number of rotatable bonds is 2. The van der Waals surface area contributed by atoms with Gasteiger partial charge < -0.3 is 0 Å². The highest BCUT2D eigenvalue weighted by Gasteiger charge is 2.47. The average molecular weight is 235 g/mol. The Kier molecular flexibility index (Phi) is 2.38. The molecule has 0 aliphatic heterocycles. The van der Waals surface area contributed by atoms with Crippen molar-refractivity contribution in [3.8, 4) is 17.3 Å². The molecular weight excluding hydrogens is 222 g/mol. The summed E-state index contributed by atoms with van der Waals surface area (Å²) < 4.78 is 0. The molecule has 1 aromatic heterocycles. The van der Waals surface area contributed by atoms with Crippen LogP contribution in [0.4, 0.5) is 0 Å². The second-order valence-electron chi connectivity index (χ2n) is 4.77. The van der Waals surface area contributed by atoms with Gasteiger partial charge in [0.2, 0.25) is 0 Å². The molecule has 2 aromatic rings. The van der Waals surface area contributed by atoms with Crippen molar-refractivity contribution >= 4 is 0 Å². The predicted octanol–water partition coefficient (Wildman–Crippen LogP) is 3.01. The van der Waals surface area contributed by atoms with Gasteiger partial charge in [-0.15, -0.1) is 0 Å². The van der Waals surface area contributed by atoms with Crippen LogP contribution in [0.3, 0.4) is 0 Å². The smallest absolute Gasteiger partial charge is 0.149 e. The van der Waals surface area contributed by atoms with Gasteiger partial charge in [-0.25, -0.2) is 9.97 Å². The summed E-state index contributed by atoms with van der Waals surface area (Å²) in [5.41, 5.74) is 2.78. The number of aromatic nitrogens is 2. The first-order chi connectivity index (χ1) is 8.75. The average Bonchev–Trinajstić information content (AvgIpc) is 3.20. The van der Waals surface area contributed by atoms with Gasteiger partial charge in [0.15, 0.2) is 0 Å². The lowest BCUT2D eigenvalue weighted by Gasteiger charge is -2.08. The molecule has 1 aliphatic carbocycles. The molecule has 18 heavy (non-hydrogen) atoms. The molecule has 0 atom stereocenters. The van der Waals surface area contributed by atoms with Crippen molar-refractivity contribution in [3.63, 3.8) is 0 Å². The lowest BCUT2D eigenvalue weighted by Crippen LogP contribution is -2.09. The zero-order valence-electron chi connectivity index (χ0n) is 10.2. The van der Waals surface area contributed by atoms with E-state index in [1.54, 1.807) is 6.20 Å². The molecule has 0 unspecified atom stereocenters. The van der Waals surface area contributed by atoms with Gasteiger partial charge >= 0.3 is 0 Å². The molecule has 3 heteroatoms. The highest BCUT2D eigenvalue weighted by atomic mass is 14.9. The molecule has 1 aromatic carbocycles. The molecule has 1 saturated carbocycles. The molecule has 0 amide bonds. The van der Waals surface area contributed by atoms with E-state index in [4.69, 9.17) is 0 Å². The Bertz CT molecular complexity index is 636. The van der Waals surface area contributed by atoms with E-state index >= 15 is 0 Å². The SMILES string of the molecule is Cc1ccccc1-c1ccnc(C2(C#N)CC2)n1. The van der Waals surface area contributed by atoms with Gasteiger partial charge in [-0.05, 0) is 31.4 Å². The molecule has 1 heterocycles. The minimum Gasteiger partial charge on any atom is -0.240 e. The molecule has 0 saturated heterocycles. The summed E-state index contributed by atoms with van der Waals surface area (Å²) in [6, 6.07) is 12.4. The zero-order chi connectivity index (χ0) is 12.6. The van der Waals surface area contributed by atoms with E-state index in [9.17, 15) is 5.26 Å². The first-order valence-corrected chi connectivity index (χ1v) is 6.06. The number of hydrogen-bond donors (Lipinski definition) is 0. The molecule has 0 spiro atoms. The van der Waals surface area contributed by atoms with Crippen LogP contribution in [0.5, 0.6) is 0 Å². The van der Waals surface area contributed by atoms with E-state index in [0.717, 1.165) is 24.1 Å². The first-order valence-electron chi connectivity index (χ1n) is 6.06. The van der Waals surface area contributed by atoms with Crippen molar-refractivity contribution in [2.75, 3.05) is 0 Å². The van der Waals surface area contributed by atoms with Gasteiger partial charge in [-0.1, -0.05) is 24.3 Å². The Balaban J connectivity index is 2.08. The number of nitriles is 1. The van der Waals surface area contributed by atoms with E-state index in [-0.39, 0.29) is 0 Å². The third-order valence-electron chi connectivity index (χ3n) is 3.47. The second-order valence-corrected chi connectivity index (χ2v) is 4.77. The number of nitrogens with zero attached hydrogens (tertiary/aromatic N) is 3. The summed E-state index contributed by atoms with van der Waals surface area (Å²) >= 11 is 0. The maximum atomic E-state index is 9.20. The number of aryl methyl sites for hydroxylation is 1. The Morgan fingerprint density at radius 3 is 2.67 bits per heavy atom. The van der Waals surface area contributed by atoms with Gasteiger partial charge in [0.25, 0.3) is 0 Å². The summed E-state index contributed by atoms with van der Waals surface area (Å²) in [4.78, 5) is 8.84. The van der Waals surface area contributed by atoms with Crippen LogP contribution in [0.15, 0.2) is 36.5 Å². The van der Waals surface area contributed by atoms with Crippen LogP contribution in [0.25, 0.3) is 11.3 Å². The first kappa shape index (κ1) is 10.9. The topological polar surface area (TPSA) is 49.6 Å². The van der Waals surface area contributed by atoms with Crippen molar-refractivity contribution in [1.29, 1.82) is 5.26 Å². The summed E-state index contributed by atoms with van der Waals surface area (Å²) in [5, 5.41) is 9.20. The van der Waals surface area contributed by atoms with E-state index in [1.807, 2.05) is 24.3 Å². The lowest BCUT2D eigenvalue weighted by atomic mass is 10.0. The Labute approximate surface area is 106 Å². The fourth-order valence-corrected chi connectivity index (χ4v) is 2.11. The van der Waals surface area contributed by atoms with Crippen molar-refractivity contribution in [1.82, 2.24) is 9.97 Å². The fourth-order valence-electron chi connectivity index (χ4n) is 2.11. The molecule has 88 valence electrons. The standard InChI is InChI=1S/C15H13N3/c1-11-4-2-3-5-12(11)13-6-9-17-14(18-13)15(10-16)7-8-15/h2-6,9H,7-8H2,1H3. The third kappa shape index (κ3) is 1.67. The van der Waals surface area contributed by atoms with E-state index in [1.165, 1.54) is 5.56 Å². The Morgan fingerprint density at radius 2 is 2.00 bits per heavy atom. The van der Waals surface area contributed by atoms with Crippen molar-refractivity contribution < 1.29 is 0 Å². The van der Waals surface area contributed by atoms with E-state index in [0.29, 0.717) is 5.82 Å². The minimum atomic E-state index is -0.418. The van der Waals surface area contributed by atoms with Crippen molar-refractivity contribution in [3.05, 3.63) is 47.9 Å². The largest absolute Gasteiger partial charge is 0.240 e. The minimum absolute atomic E-state index is 0.418. The van der Waals surface area contributed by atoms with Gasteiger partial charge in [-0.3, -0.25) is 0 Å². The molecule has 0 bridgehead atoms. The Hall–Kier alpha value is -2.21. The maximum absolute atomic E-state index is 9.20. The van der Waals surface area contributed by atoms with Crippen molar-refractivity contribution in [2.45, 2.75) is 25.2 Å². The summed E-state index contributed by atoms with van der Waals surface area (Å²) in [5.74, 6) is 0.672. The Morgan fingerprint density at radius 1 is 1.22 bits per heavy atom. The molecule has 1 aliphatic rings. The highest BCUT2D eigenvalue weighted by Crippen LogP contribution is 2.46. The summed E-state index contributed by atoms with van der Waals surface area (Å²) in [6.45, 7) is 2.06. The van der Waals surface area contributed by atoms with Crippen molar-refractivity contribution in [2.24, 2.45) is 0 Å². The highest BCUT2D eigenvalue weighted by molar-refractivity contribution is 5.63. The predicted molar refractivity (Wildman–Crippen MR) is 68.7 cm³/mol. The fraction of sp³-hybridized carbons (Fsp3) is 0.267. The molecule has 3 nitrogen and oxygen atoms in total. The van der Waals surface area contributed by atoms with Gasteiger partial charge in [-0.2, -0.15) is 5.26 Å². The third-order valence-corrected chi connectivity index (χ3v) is 3.47. The maximum Gasteiger partial charge on any atom is 0.149 e. The van der Waals surface area contributed by atoms with Crippen LogP contribution in [-0.2, 0) is 5.41 Å². The number of benzene rings is 1. The van der Waals surface area contributed by atoms with Gasteiger partial charge in [0, 0.05) is 11.8 Å². The molecule has 0 N–H and O–H groups in total. The molecular formula is C15H13N3. The zero-order valence-corrected chi connectivity index (χ0v) is 10.2.